The number of furan rings is 1. The van der Waals surface area contributed by atoms with Gasteiger partial charge in [-0.3, -0.25) is 5.32 Å². The Morgan fingerprint density at radius 2 is 1.52 bits per heavy atom. The molecule has 0 radical (unpaired) electrons. The lowest BCUT2D eigenvalue weighted by atomic mass is 9.80. The highest BCUT2D eigenvalue weighted by atomic mass is 16.3. The summed E-state index contributed by atoms with van der Waals surface area (Å²) < 4.78 is 6.49. The van der Waals surface area contributed by atoms with E-state index < -0.39 is 0 Å². The number of allylic oxidation sites excluding steroid dienone is 1. The molecule has 2 atom stereocenters. The Morgan fingerprint density at radius 1 is 0.722 bits per heavy atom. The van der Waals surface area contributed by atoms with Crippen LogP contribution >= 0.6 is 0 Å². The van der Waals surface area contributed by atoms with Crippen LogP contribution in [-0.4, -0.2) is 0 Å². The molecule has 3 heteroatoms. The molecule has 3 nitrogen and oxygen atoms in total. The maximum atomic E-state index is 6.89. The number of nitrogens with two attached hydrogens (primary N) is 1. The molecule has 2 aliphatic carbocycles. The van der Waals surface area contributed by atoms with E-state index in [1.54, 1.807) is 0 Å². The normalized spacial score (nSPS) is 15.5. The van der Waals surface area contributed by atoms with Gasteiger partial charge >= 0.3 is 0 Å². The molecule has 54 heavy (non-hydrogen) atoms. The van der Waals surface area contributed by atoms with Crippen LogP contribution in [0.2, 0.25) is 0 Å². The highest BCUT2D eigenvalue weighted by Crippen LogP contribution is 2.53. The van der Waals surface area contributed by atoms with E-state index >= 15 is 0 Å². The second kappa shape index (κ2) is 12.8. The SMILES string of the molecule is CC1(C)c2cc3c(cc2-c2c(-c4cccc(/C=C/C(NC(N)c5ccccc5)c5cccc6oc7cc8ccccc8cc7c56)c4)cccc21)C=CCC3. The number of fused-ring (bicyclic) bond motifs is 8. The molecule has 3 N–H and O–H groups in total. The number of hydrogen-bond acceptors (Lipinski definition) is 3. The topological polar surface area (TPSA) is 51.2 Å². The van der Waals surface area contributed by atoms with Gasteiger partial charge in [0.15, 0.2) is 0 Å². The van der Waals surface area contributed by atoms with Gasteiger partial charge in [0, 0.05) is 16.2 Å². The average molecular weight is 699 g/mol. The fourth-order valence-electron chi connectivity index (χ4n) is 8.97. The van der Waals surface area contributed by atoms with Crippen molar-refractivity contribution < 1.29 is 4.42 Å². The van der Waals surface area contributed by atoms with Crippen LogP contribution in [0.4, 0.5) is 0 Å². The number of hydrogen-bond donors (Lipinski definition) is 2. The van der Waals surface area contributed by atoms with Gasteiger partial charge in [0.05, 0.1) is 12.2 Å². The van der Waals surface area contributed by atoms with Crippen LogP contribution in [0.5, 0.6) is 0 Å². The fraction of sp³-hybridized carbons (Fsp3) is 0.137. The zero-order valence-corrected chi connectivity index (χ0v) is 30.6. The van der Waals surface area contributed by atoms with Crippen molar-refractivity contribution >= 4 is 44.9 Å². The van der Waals surface area contributed by atoms with Crippen molar-refractivity contribution in [3.05, 3.63) is 191 Å². The number of aryl methyl sites for hydroxylation is 1. The Morgan fingerprint density at radius 3 is 2.39 bits per heavy atom. The third-order valence-corrected chi connectivity index (χ3v) is 11.8. The third kappa shape index (κ3) is 5.43. The van der Waals surface area contributed by atoms with Gasteiger partial charge in [-0.15, -0.1) is 0 Å². The summed E-state index contributed by atoms with van der Waals surface area (Å²) in [5.74, 6) is 0. The van der Waals surface area contributed by atoms with Gasteiger partial charge in [-0.1, -0.05) is 147 Å². The predicted molar refractivity (Wildman–Crippen MR) is 226 cm³/mol. The Hall–Kier alpha value is -6.00. The molecule has 2 aliphatic rings. The quantitative estimate of drug-likeness (QED) is 0.163. The molecular formula is C51H42N2O. The summed E-state index contributed by atoms with van der Waals surface area (Å²) in [4.78, 5) is 0. The minimum absolute atomic E-state index is 0.0602. The van der Waals surface area contributed by atoms with Crippen molar-refractivity contribution in [1.82, 2.24) is 5.32 Å². The summed E-state index contributed by atoms with van der Waals surface area (Å²) >= 11 is 0. The van der Waals surface area contributed by atoms with E-state index in [-0.39, 0.29) is 17.6 Å². The van der Waals surface area contributed by atoms with Crippen LogP contribution in [0.3, 0.4) is 0 Å². The van der Waals surface area contributed by atoms with Crippen LogP contribution in [0.1, 0.15) is 71.4 Å². The molecule has 7 aromatic carbocycles. The van der Waals surface area contributed by atoms with Gasteiger partial charge in [0.2, 0.25) is 0 Å². The first-order chi connectivity index (χ1) is 26.4. The molecule has 8 aromatic rings. The lowest BCUT2D eigenvalue weighted by Gasteiger charge is -2.23. The molecule has 0 spiro atoms. The minimum Gasteiger partial charge on any atom is -0.456 e. The minimum atomic E-state index is -0.377. The largest absolute Gasteiger partial charge is 0.456 e. The molecular weight excluding hydrogens is 657 g/mol. The summed E-state index contributed by atoms with van der Waals surface area (Å²) in [6.45, 7) is 4.76. The van der Waals surface area contributed by atoms with Crippen LogP contribution in [0.25, 0.3) is 67.1 Å². The molecule has 1 heterocycles. The van der Waals surface area contributed by atoms with Gasteiger partial charge in [-0.05, 0) is 115 Å². The van der Waals surface area contributed by atoms with Crippen molar-refractivity contribution in [3.63, 3.8) is 0 Å². The maximum absolute atomic E-state index is 6.89. The highest BCUT2D eigenvalue weighted by Gasteiger charge is 2.37. The third-order valence-electron chi connectivity index (χ3n) is 11.8. The standard InChI is InChI=1S/C51H42N2O/c1-51(2)43-23-11-21-39(48(43)41-28-34-16-6-8-18-36(34)30-44(41)51)38-20-10-13-32(27-38)25-26-45(53-50(52)33-14-4-3-5-15-33)40-22-12-24-46-49(40)42-29-35-17-7-9-19-37(35)31-47(42)54-46/h3-7,9-17,19-31,45,50,53H,8,18,52H2,1-2H3/b26-25+. The first-order valence-corrected chi connectivity index (χ1v) is 19.1. The lowest BCUT2D eigenvalue weighted by Crippen LogP contribution is -2.31. The Kier molecular flexibility index (Phi) is 7.76. The Bertz CT molecular complexity index is 2800. The van der Waals surface area contributed by atoms with Crippen molar-refractivity contribution in [2.24, 2.45) is 5.73 Å². The van der Waals surface area contributed by atoms with E-state index in [1.807, 2.05) is 18.2 Å². The molecule has 1 aromatic heterocycles. The molecule has 0 saturated carbocycles. The van der Waals surface area contributed by atoms with Crippen molar-refractivity contribution in [3.8, 4) is 22.3 Å². The Balaban J connectivity index is 1.07. The number of rotatable bonds is 7. The summed E-state index contributed by atoms with van der Waals surface area (Å²) in [5.41, 5.74) is 22.7. The molecule has 0 aliphatic heterocycles. The summed E-state index contributed by atoms with van der Waals surface area (Å²) in [6, 6.07) is 50.0. The van der Waals surface area contributed by atoms with Crippen molar-refractivity contribution in [2.75, 3.05) is 0 Å². The second-order valence-corrected chi connectivity index (χ2v) is 15.4. The van der Waals surface area contributed by atoms with Gasteiger partial charge in [0.1, 0.15) is 11.2 Å². The first-order valence-electron chi connectivity index (χ1n) is 19.1. The van der Waals surface area contributed by atoms with Gasteiger partial charge in [0.25, 0.3) is 0 Å². The fourth-order valence-corrected chi connectivity index (χ4v) is 8.97. The van der Waals surface area contributed by atoms with E-state index in [4.69, 9.17) is 10.2 Å². The summed E-state index contributed by atoms with van der Waals surface area (Å²) in [6.07, 6.45) is 11.0. The Labute approximate surface area is 316 Å². The molecule has 10 rings (SSSR count). The van der Waals surface area contributed by atoms with Crippen LogP contribution < -0.4 is 11.1 Å². The molecule has 0 bridgehead atoms. The van der Waals surface area contributed by atoms with E-state index in [9.17, 15) is 0 Å². The van der Waals surface area contributed by atoms with Crippen molar-refractivity contribution in [1.29, 1.82) is 0 Å². The summed E-state index contributed by atoms with van der Waals surface area (Å²) in [7, 11) is 0. The maximum Gasteiger partial charge on any atom is 0.136 e. The number of nitrogens with one attached hydrogen (secondary N) is 1. The van der Waals surface area contributed by atoms with E-state index in [1.165, 1.54) is 55.3 Å². The molecule has 0 saturated heterocycles. The zero-order valence-electron chi connectivity index (χ0n) is 30.6. The van der Waals surface area contributed by atoms with Crippen LogP contribution in [0, 0.1) is 0 Å². The van der Waals surface area contributed by atoms with Crippen LogP contribution in [-0.2, 0) is 11.8 Å². The average Bonchev–Trinajstić information content (AvgIpc) is 3.68. The van der Waals surface area contributed by atoms with Gasteiger partial charge in [-0.2, -0.15) is 0 Å². The van der Waals surface area contributed by atoms with Gasteiger partial charge in [-0.25, -0.2) is 0 Å². The molecule has 262 valence electrons. The highest BCUT2D eigenvalue weighted by molar-refractivity contribution is 6.11. The number of benzene rings is 7. The smallest absolute Gasteiger partial charge is 0.136 e. The molecule has 0 fully saturated rings. The first kappa shape index (κ1) is 32.6. The monoisotopic (exact) mass is 698 g/mol. The molecule has 2 unspecified atom stereocenters. The lowest BCUT2D eigenvalue weighted by molar-refractivity contribution is 0.511. The second-order valence-electron chi connectivity index (χ2n) is 15.4. The van der Waals surface area contributed by atoms with E-state index in [0.717, 1.165) is 51.5 Å². The van der Waals surface area contributed by atoms with Crippen molar-refractivity contribution in [2.45, 2.75) is 44.3 Å². The predicted octanol–water partition coefficient (Wildman–Crippen LogP) is 12.7. The van der Waals surface area contributed by atoms with Crippen LogP contribution in [0.15, 0.2) is 156 Å². The molecule has 0 amide bonds. The van der Waals surface area contributed by atoms with Gasteiger partial charge < -0.3 is 10.2 Å². The van der Waals surface area contributed by atoms with E-state index in [2.05, 4.69) is 165 Å². The van der Waals surface area contributed by atoms with E-state index in [0.29, 0.717) is 0 Å². The summed E-state index contributed by atoms with van der Waals surface area (Å²) in [5, 5.41) is 8.34. The zero-order chi connectivity index (χ0) is 36.4.